The summed E-state index contributed by atoms with van der Waals surface area (Å²) in [4.78, 5) is 13.8. The zero-order valence-corrected chi connectivity index (χ0v) is 16.1. The molecule has 1 aromatic carbocycles. The van der Waals surface area contributed by atoms with Crippen LogP contribution >= 0.6 is 0 Å². The molecule has 4 N–H and O–H groups in total. The molecule has 2 rings (SSSR count). The number of rotatable bonds is 4. The lowest BCUT2D eigenvalue weighted by Gasteiger charge is -2.29. The standard InChI is InChI=1S/C16H25N3O3.C3H8/c1-10(17)11(2)22-14-5-4-12-6-13(9-20)18-16(21)8-19(3)15(12)7-14;1-3-2/h4-5,7,10-11,13,20H,6,8-9,17H2,1-3H3,(H,18,21);3H2,1-2H3. The van der Waals surface area contributed by atoms with E-state index in [1.54, 1.807) is 0 Å². The highest BCUT2D eigenvalue weighted by Gasteiger charge is 2.22. The summed E-state index contributed by atoms with van der Waals surface area (Å²) < 4.78 is 5.84. The molecular weight excluding hydrogens is 318 g/mol. The number of aliphatic hydroxyl groups excluding tert-OH is 1. The van der Waals surface area contributed by atoms with E-state index in [-0.39, 0.29) is 37.2 Å². The third-order valence-corrected chi connectivity index (χ3v) is 3.96. The van der Waals surface area contributed by atoms with Gasteiger partial charge in [0, 0.05) is 24.8 Å². The number of carbonyl (C=O) groups excluding carboxylic acids is 1. The molecule has 1 aliphatic rings. The molecule has 0 aromatic heterocycles. The van der Waals surface area contributed by atoms with Gasteiger partial charge in [0.25, 0.3) is 0 Å². The average Bonchev–Trinajstić information content (AvgIpc) is 2.54. The summed E-state index contributed by atoms with van der Waals surface area (Å²) >= 11 is 0. The monoisotopic (exact) mass is 351 g/mol. The van der Waals surface area contributed by atoms with Crippen LogP contribution in [0.4, 0.5) is 5.69 Å². The Balaban J connectivity index is 0.000000970. The predicted molar refractivity (Wildman–Crippen MR) is 102 cm³/mol. The summed E-state index contributed by atoms with van der Waals surface area (Å²) in [7, 11) is 1.87. The topological polar surface area (TPSA) is 87.8 Å². The van der Waals surface area contributed by atoms with Crippen LogP contribution in [0, 0.1) is 0 Å². The number of anilines is 1. The summed E-state index contributed by atoms with van der Waals surface area (Å²) in [6.45, 7) is 8.26. The fraction of sp³-hybridized carbons (Fsp3) is 0.632. The van der Waals surface area contributed by atoms with Gasteiger partial charge in [-0.1, -0.05) is 26.3 Å². The van der Waals surface area contributed by atoms with E-state index in [0.29, 0.717) is 6.42 Å². The molecule has 6 heteroatoms. The molecule has 6 nitrogen and oxygen atoms in total. The lowest BCUT2D eigenvalue weighted by Crippen LogP contribution is -2.46. The Morgan fingerprint density at radius 2 is 2.04 bits per heavy atom. The number of ether oxygens (including phenoxy) is 1. The number of hydrogen-bond acceptors (Lipinski definition) is 5. The van der Waals surface area contributed by atoms with Gasteiger partial charge in [-0.2, -0.15) is 0 Å². The summed E-state index contributed by atoms with van der Waals surface area (Å²) in [5.74, 6) is 0.638. The first-order chi connectivity index (χ1) is 11.8. The number of amides is 1. The van der Waals surface area contributed by atoms with Crippen molar-refractivity contribution in [3.63, 3.8) is 0 Å². The Morgan fingerprint density at radius 1 is 1.40 bits per heavy atom. The maximum absolute atomic E-state index is 11.9. The number of hydrogen-bond donors (Lipinski definition) is 3. The number of fused-ring (bicyclic) bond motifs is 1. The van der Waals surface area contributed by atoms with E-state index < -0.39 is 0 Å². The summed E-state index contributed by atoms with van der Waals surface area (Å²) in [5.41, 5.74) is 7.85. The SMILES string of the molecule is CC(N)C(C)Oc1ccc2c(c1)N(C)CC(=O)NC(CO)C2.CCC. The van der Waals surface area contributed by atoms with E-state index in [1.807, 2.05) is 44.0 Å². The van der Waals surface area contributed by atoms with Gasteiger partial charge in [-0.15, -0.1) is 0 Å². The van der Waals surface area contributed by atoms with Crippen molar-refractivity contribution in [1.29, 1.82) is 0 Å². The van der Waals surface area contributed by atoms with Crippen molar-refractivity contribution in [1.82, 2.24) is 5.32 Å². The number of nitrogens with two attached hydrogens (primary N) is 1. The summed E-state index contributed by atoms with van der Waals surface area (Å²) in [6.07, 6.45) is 1.75. The van der Waals surface area contributed by atoms with Crippen molar-refractivity contribution in [2.24, 2.45) is 5.73 Å². The quantitative estimate of drug-likeness (QED) is 0.768. The molecule has 25 heavy (non-hydrogen) atoms. The Bertz CT molecular complexity index is 549. The Kier molecular flexibility index (Phi) is 8.72. The first kappa shape index (κ1) is 21.3. The predicted octanol–water partition coefficient (Wildman–Crippen LogP) is 1.69. The Labute approximate surface area is 151 Å². The second-order valence-corrected chi connectivity index (χ2v) is 6.69. The van der Waals surface area contributed by atoms with Gasteiger partial charge in [-0.3, -0.25) is 4.79 Å². The van der Waals surface area contributed by atoms with Crippen LogP contribution in [0.3, 0.4) is 0 Å². The highest BCUT2D eigenvalue weighted by Crippen LogP contribution is 2.28. The van der Waals surface area contributed by atoms with Crippen molar-refractivity contribution in [3.8, 4) is 5.75 Å². The number of carbonyl (C=O) groups is 1. The largest absolute Gasteiger partial charge is 0.489 e. The fourth-order valence-electron chi connectivity index (χ4n) is 2.47. The molecule has 0 fully saturated rings. The zero-order valence-electron chi connectivity index (χ0n) is 16.1. The first-order valence-corrected chi connectivity index (χ1v) is 8.98. The number of likely N-dealkylation sites (N-methyl/N-ethyl adjacent to an activating group) is 1. The number of aliphatic hydroxyl groups is 1. The third kappa shape index (κ3) is 6.55. The van der Waals surface area contributed by atoms with E-state index in [2.05, 4.69) is 19.2 Å². The van der Waals surface area contributed by atoms with E-state index >= 15 is 0 Å². The van der Waals surface area contributed by atoms with Gasteiger partial charge in [-0.25, -0.2) is 0 Å². The zero-order chi connectivity index (χ0) is 19.0. The van der Waals surface area contributed by atoms with Gasteiger partial charge in [-0.05, 0) is 31.9 Å². The van der Waals surface area contributed by atoms with E-state index in [9.17, 15) is 9.90 Å². The highest BCUT2D eigenvalue weighted by atomic mass is 16.5. The van der Waals surface area contributed by atoms with Crippen molar-refractivity contribution in [2.45, 2.75) is 58.7 Å². The average molecular weight is 351 g/mol. The molecule has 142 valence electrons. The fourth-order valence-corrected chi connectivity index (χ4v) is 2.47. The van der Waals surface area contributed by atoms with Crippen LogP contribution in [0.25, 0.3) is 0 Å². The molecular formula is C19H33N3O3. The van der Waals surface area contributed by atoms with Crippen molar-refractivity contribution >= 4 is 11.6 Å². The van der Waals surface area contributed by atoms with E-state index in [0.717, 1.165) is 17.0 Å². The lowest BCUT2D eigenvalue weighted by molar-refractivity contribution is -0.120. The molecule has 1 amide bonds. The highest BCUT2D eigenvalue weighted by molar-refractivity contribution is 5.82. The van der Waals surface area contributed by atoms with Crippen LogP contribution < -0.4 is 20.7 Å². The summed E-state index contributed by atoms with van der Waals surface area (Å²) in [5, 5.41) is 12.2. The van der Waals surface area contributed by atoms with Crippen LogP contribution in [-0.4, -0.2) is 49.4 Å². The Hall–Kier alpha value is -1.79. The molecule has 3 atom stereocenters. The first-order valence-electron chi connectivity index (χ1n) is 8.98. The lowest BCUT2D eigenvalue weighted by atomic mass is 10.0. The van der Waals surface area contributed by atoms with Crippen LogP contribution in [0.1, 0.15) is 39.7 Å². The van der Waals surface area contributed by atoms with Gasteiger partial charge in [0.2, 0.25) is 5.91 Å². The van der Waals surface area contributed by atoms with Crippen molar-refractivity contribution in [3.05, 3.63) is 23.8 Å². The molecule has 0 saturated heterocycles. The van der Waals surface area contributed by atoms with Gasteiger partial charge in [0.05, 0.1) is 19.2 Å². The molecule has 0 aliphatic carbocycles. The van der Waals surface area contributed by atoms with Crippen LogP contribution in [0.5, 0.6) is 5.75 Å². The molecule has 0 bridgehead atoms. The van der Waals surface area contributed by atoms with Crippen LogP contribution in [0.15, 0.2) is 18.2 Å². The van der Waals surface area contributed by atoms with Gasteiger partial charge < -0.3 is 25.8 Å². The van der Waals surface area contributed by atoms with Gasteiger partial charge >= 0.3 is 0 Å². The molecule has 1 heterocycles. The third-order valence-electron chi connectivity index (χ3n) is 3.96. The molecule has 0 radical (unpaired) electrons. The van der Waals surface area contributed by atoms with E-state index in [1.165, 1.54) is 6.42 Å². The van der Waals surface area contributed by atoms with E-state index in [4.69, 9.17) is 10.5 Å². The van der Waals surface area contributed by atoms with Gasteiger partial charge in [0.1, 0.15) is 11.9 Å². The van der Waals surface area contributed by atoms with Crippen molar-refractivity contribution < 1.29 is 14.6 Å². The maximum atomic E-state index is 11.9. The molecule has 1 aliphatic heterocycles. The molecule has 0 spiro atoms. The van der Waals surface area contributed by atoms with Gasteiger partial charge in [0.15, 0.2) is 0 Å². The molecule has 3 unspecified atom stereocenters. The molecule has 1 aromatic rings. The number of nitrogens with zero attached hydrogens (tertiary/aromatic N) is 1. The minimum Gasteiger partial charge on any atom is -0.489 e. The minimum absolute atomic E-state index is 0.0655. The maximum Gasteiger partial charge on any atom is 0.239 e. The second kappa shape index (κ2) is 10.3. The Morgan fingerprint density at radius 3 is 2.60 bits per heavy atom. The number of benzene rings is 1. The number of nitrogens with one attached hydrogen (secondary N) is 1. The summed E-state index contributed by atoms with van der Waals surface area (Å²) in [6, 6.07) is 5.50. The van der Waals surface area contributed by atoms with Crippen LogP contribution in [0.2, 0.25) is 0 Å². The van der Waals surface area contributed by atoms with Crippen molar-refractivity contribution in [2.75, 3.05) is 25.1 Å². The van der Waals surface area contributed by atoms with Crippen LogP contribution in [-0.2, 0) is 11.2 Å². The smallest absolute Gasteiger partial charge is 0.239 e. The normalized spacial score (nSPS) is 19.4. The molecule has 0 saturated carbocycles. The second-order valence-electron chi connectivity index (χ2n) is 6.69. The minimum atomic E-state index is -0.255.